The fourth-order valence-corrected chi connectivity index (χ4v) is 4.06. The summed E-state index contributed by atoms with van der Waals surface area (Å²) in [5.41, 5.74) is 5.87. The molecule has 0 aliphatic heterocycles. The van der Waals surface area contributed by atoms with E-state index in [0.29, 0.717) is 11.4 Å². The smallest absolute Gasteiger partial charge is 0.235 e. The summed E-state index contributed by atoms with van der Waals surface area (Å²) < 4.78 is 32.7. The summed E-state index contributed by atoms with van der Waals surface area (Å²) >= 11 is 4.74. The number of rotatable bonds is 6. The van der Waals surface area contributed by atoms with Crippen molar-refractivity contribution in [3.63, 3.8) is 0 Å². The molecule has 2 rings (SSSR count). The molecule has 0 unspecified atom stereocenters. The Kier molecular flexibility index (Phi) is 5.41. The van der Waals surface area contributed by atoms with Crippen molar-refractivity contribution in [1.29, 1.82) is 0 Å². The lowest BCUT2D eigenvalue weighted by atomic mass is 10.0. The van der Waals surface area contributed by atoms with Crippen LogP contribution in [0.5, 0.6) is 5.75 Å². The van der Waals surface area contributed by atoms with Gasteiger partial charge >= 0.3 is 0 Å². The Morgan fingerprint density at radius 2 is 2.05 bits per heavy atom. The SMILES string of the molecule is NC(=S)COc1cccc(NS(=O)(=O)C2CCCCC2)c1. The monoisotopic (exact) mass is 328 g/mol. The molecule has 1 fully saturated rings. The molecule has 1 aromatic carbocycles. The third kappa shape index (κ3) is 4.86. The van der Waals surface area contributed by atoms with E-state index in [1.807, 2.05) is 0 Å². The van der Waals surface area contributed by atoms with Gasteiger partial charge in [0.05, 0.1) is 10.9 Å². The average Bonchev–Trinajstić information content (AvgIpc) is 2.46. The van der Waals surface area contributed by atoms with Gasteiger partial charge in [0.1, 0.15) is 17.3 Å². The van der Waals surface area contributed by atoms with Gasteiger partial charge in [0.15, 0.2) is 0 Å². The van der Waals surface area contributed by atoms with Crippen molar-refractivity contribution in [2.24, 2.45) is 5.73 Å². The number of ether oxygens (including phenoxy) is 1. The summed E-state index contributed by atoms with van der Waals surface area (Å²) in [5.74, 6) is 0.534. The predicted octanol–water partition coefficient (Wildman–Crippen LogP) is 2.43. The maximum atomic E-state index is 12.3. The van der Waals surface area contributed by atoms with Crippen molar-refractivity contribution in [2.45, 2.75) is 37.4 Å². The van der Waals surface area contributed by atoms with Crippen molar-refractivity contribution >= 4 is 32.9 Å². The second-order valence-corrected chi connectivity index (χ2v) is 7.68. The minimum absolute atomic E-state index is 0.133. The lowest BCUT2D eigenvalue weighted by molar-refractivity contribution is 0.378. The molecule has 0 bridgehead atoms. The third-order valence-electron chi connectivity index (χ3n) is 3.47. The van der Waals surface area contributed by atoms with Crippen molar-refractivity contribution in [1.82, 2.24) is 0 Å². The first-order valence-electron chi connectivity index (χ1n) is 7.00. The largest absolute Gasteiger partial charge is 0.486 e. The van der Waals surface area contributed by atoms with Crippen molar-refractivity contribution in [3.8, 4) is 5.75 Å². The molecule has 21 heavy (non-hydrogen) atoms. The van der Waals surface area contributed by atoms with Crippen LogP contribution in [0.25, 0.3) is 0 Å². The van der Waals surface area contributed by atoms with Crippen molar-refractivity contribution < 1.29 is 13.2 Å². The zero-order valence-electron chi connectivity index (χ0n) is 11.7. The maximum absolute atomic E-state index is 12.3. The summed E-state index contributed by atoms with van der Waals surface area (Å²) in [6.07, 6.45) is 4.53. The number of sulfonamides is 1. The fraction of sp³-hybridized carbons (Fsp3) is 0.500. The number of nitrogens with one attached hydrogen (secondary N) is 1. The molecule has 0 heterocycles. The lowest BCUT2D eigenvalue weighted by Crippen LogP contribution is -2.29. The Morgan fingerprint density at radius 3 is 2.71 bits per heavy atom. The van der Waals surface area contributed by atoms with Crippen LogP contribution in [0.15, 0.2) is 24.3 Å². The topological polar surface area (TPSA) is 81.4 Å². The van der Waals surface area contributed by atoms with Gasteiger partial charge < -0.3 is 10.5 Å². The number of hydrogen-bond acceptors (Lipinski definition) is 4. The van der Waals surface area contributed by atoms with Crippen molar-refractivity contribution in [2.75, 3.05) is 11.3 Å². The number of thiocarbonyl (C=S) groups is 1. The second kappa shape index (κ2) is 7.09. The molecule has 0 saturated heterocycles. The molecule has 1 saturated carbocycles. The molecule has 0 atom stereocenters. The normalized spacial score (nSPS) is 16.4. The van der Waals surface area contributed by atoms with Crippen LogP contribution in [0, 0.1) is 0 Å². The molecule has 3 N–H and O–H groups in total. The highest BCUT2D eigenvalue weighted by Crippen LogP contribution is 2.26. The van der Waals surface area contributed by atoms with Gasteiger partial charge in [-0.1, -0.05) is 37.5 Å². The van der Waals surface area contributed by atoms with E-state index in [0.717, 1.165) is 32.1 Å². The molecule has 116 valence electrons. The standard InChI is InChI=1S/C14H20N2O3S2/c15-14(20)10-19-12-6-4-5-11(9-12)16-21(17,18)13-7-2-1-3-8-13/h4-6,9,13,16H,1-3,7-8,10H2,(H2,15,20). The maximum Gasteiger partial charge on any atom is 0.235 e. The van der Waals surface area contributed by atoms with Gasteiger partial charge in [-0.05, 0) is 25.0 Å². The van der Waals surface area contributed by atoms with Gasteiger partial charge in [-0.3, -0.25) is 4.72 Å². The zero-order valence-corrected chi connectivity index (χ0v) is 13.4. The van der Waals surface area contributed by atoms with Crippen LogP contribution in [0.4, 0.5) is 5.69 Å². The van der Waals surface area contributed by atoms with Crippen LogP contribution >= 0.6 is 12.2 Å². The molecule has 1 aliphatic carbocycles. The molecule has 0 aromatic heterocycles. The molecule has 5 nitrogen and oxygen atoms in total. The molecular formula is C14H20N2O3S2. The van der Waals surface area contributed by atoms with Crippen molar-refractivity contribution in [3.05, 3.63) is 24.3 Å². The Balaban J connectivity index is 2.04. The first-order chi connectivity index (χ1) is 9.97. The summed E-state index contributed by atoms with van der Waals surface area (Å²) in [7, 11) is -3.34. The van der Waals surface area contributed by atoms with Crippen LogP contribution in [-0.4, -0.2) is 25.3 Å². The highest BCUT2D eigenvalue weighted by atomic mass is 32.2. The van der Waals surface area contributed by atoms with Gasteiger partial charge in [-0.2, -0.15) is 0 Å². The number of anilines is 1. The Labute approximate surface area is 130 Å². The summed E-state index contributed by atoms with van der Waals surface area (Å²) in [6, 6.07) is 6.80. The first kappa shape index (κ1) is 16.0. The predicted molar refractivity (Wildman–Crippen MR) is 88.1 cm³/mol. The first-order valence-corrected chi connectivity index (χ1v) is 8.95. The van der Waals surface area contributed by atoms with E-state index in [1.165, 1.54) is 0 Å². The van der Waals surface area contributed by atoms with Gasteiger partial charge in [0.25, 0.3) is 0 Å². The molecule has 1 aliphatic rings. The van der Waals surface area contributed by atoms with E-state index in [-0.39, 0.29) is 16.8 Å². The Bertz CT molecular complexity index is 596. The molecule has 7 heteroatoms. The minimum atomic E-state index is -3.34. The summed E-state index contributed by atoms with van der Waals surface area (Å²) in [6.45, 7) is 0.133. The minimum Gasteiger partial charge on any atom is -0.486 e. The fourth-order valence-electron chi connectivity index (χ4n) is 2.43. The molecule has 0 radical (unpaired) electrons. The van der Waals surface area contributed by atoms with Crippen LogP contribution in [0.1, 0.15) is 32.1 Å². The van der Waals surface area contributed by atoms with Crippen LogP contribution < -0.4 is 15.2 Å². The molecule has 1 aromatic rings. The lowest BCUT2D eigenvalue weighted by Gasteiger charge is -2.22. The van der Waals surface area contributed by atoms with Crippen LogP contribution in [-0.2, 0) is 10.0 Å². The van der Waals surface area contributed by atoms with E-state index in [9.17, 15) is 8.42 Å². The van der Waals surface area contributed by atoms with Crippen LogP contribution in [0.2, 0.25) is 0 Å². The van der Waals surface area contributed by atoms with Gasteiger partial charge in [-0.25, -0.2) is 8.42 Å². The molecule has 0 spiro atoms. The van der Waals surface area contributed by atoms with E-state index in [4.69, 9.17) is 22.7 Å². The van der Waals surface area contributed by atoms with Gasteiger partial charge in [-0.15, -0.1) is 0 Å². The Morgan fingerprint density at radius 1 is 1.33 bits per heavy atom. The van der Waals surface area contributed by atoms with E-state index >= 15 is 0 Å². The highest BCUT2D eigenvalue weighted by Gasteiger charge is 2.27. The van der Waals surface area contributed by atoms with E-state index in [2.05, 4.69) is 4.72 Å². The number of nitrogens with two attached hydrogens (primary N) is 1. The van der Waals surface area contributed by atoms with Gasteiger partial charge in [0, 0.05) is 6.07 Å². The van der Waals surface area contributed by atoms with E-state index in [1.54, 1.807) is 24.3 Å². The van der Waals surface area contributed by atoms with Crippen LogP contribution in [0.3, 0.4) is 0 Å². The summed E-state index contributed by atoms with van der Waals surface area (Å²) in [4.78, 5) is 0.253. The molecular weight excluding hydrogens is 308 g/mol. The van der Waals surface area contributed by atoms with Gasteiger partial charge in [0.2, 0.25) is 10.0 Å². The second-order valence-electron chi connectivity index (χ2n) is 5.19. The summed E-state index contributed by atoms with van der Waals surface area (Å²) in [5, 5.41) is -0.299. The zero-order chi connectivity index (χ0) is 15.3. The van der Waals surface area contributed by atoms with E-state index < -0.39 is 10.0 Å². The number of benzene rings is 1. The highest BCUT2D eigenvalue weighted by molar-refractivity contribution is 7.93. The Hall–Kier alpha value is -1.34. The molecule has 0 amide bonds. The third-order valence-corrected chi connectivity index (χ3v) is 5.45. The average molecular weight is 328 g/mol. The quantitative estimate of drug-likeness (QED) is 0.784. The number of hydrogen-bond donors (Lipinski definition) is 2.